The molecule has 1 saturated carbocycles. The fourth-order valence-electron chi connectivity index (χ4n) is 2.98. The number of rotatable bonds is 4. The van der Waals surface area contributed by atoms with Crippen LogP contribution >= 0.6 is 11.6 Å². The van der Waals surface area contributed by atoms with E-state index >= 15 is 0 Å². The van der Waals surface area contributed by atoms with Crippen LogP contribution in [0.4, 0.5) is 5.69 Å². The van der Waals surface area contributed by atoms with Crippen molar-refractivity contribution in [1.29, 1.82) is 0 Å². The van der Waals surface area contributed by atoms with Crippen molar-refractivity contribution in [2.45, 2.75) is 31.7 Å². The van der Waals surface area contributed by atoms with Gasteiger partial charge >= 0.3 is 0 Å². The molecule has 2 amide bonds. The van der Waals surface area contributed by atoms with Crippen LogP contribution in [0.1, 0.15) is 42.1 Å². The first-order chi connectivity index (χ1) is 11.5. The molecular weight excluding hydrogens is 324 g/mol. The smallest absolute Gasteiger partial charge is 0.251 e. The van der Waals surface area contributed by atoms with Crippen molar-refractivity contribution in [1.82, 2.24) is 5.32 Å². The lowest BCUT2D eigenvalue weighted by Crippen LogP contribution is -2.50. The van der Waals surface area contributed by atoms with Gasteiger partial charge < -0.3 is 10.6 Å². The third kappa shape index (κ3) is 3.44. The Kier molecular flexibility index (Phi) is 4.58. The van der Waals surface area contributed by atoms with Gasteiger partial charge in [0.25, 0.3) is 5.91 Å². The van der Waals surface area contributed by atoms with E-state index in [0.717, 1.165) is 24.8 Å². The summed E-state index contributed by atoms with van der Waals surface area (Å²) in [5.74, 6) is -0.248. The van der Waals surface area contributed by atoms with Crippen LogP contribution in [-0.2, 0) is 10.3 Å². The average molecular weight is 343 g/mol. The molecule has 0 aromatic heterocycles. The zero-order valence-corrected chi connectivity index (χ0v) is 14.2. The molecule has 0 spiro atoms. The van der Waals surface area contributed by atoms with Gasteiger partial charge in [-0.05, 0) is 61.2 Å². The lowest BCUT2D eigenvalue weighted by molar-refractivity contribution is -0.114. The van der Waals surface area contributed by atoms with Crippen molar-refractivity contribution in [2.24, 2.45) is 0 Å². The summed E-state index contributed by atoms with van der Waals surface area (Å²) in [5.41, 5.74) is 2.03. The topological polar surface area (TPSA) is 58.2 Å². The number of amides is 2. The normalized spacial score (nSPS) is 15.2. The number of carbonyl (C=O) groups excluding carboxylic acids is 2. The summed E-state index contributed by atoms with van der Waals surface area (Å²) in [6, 6.07) is 14.5. The fraction of sp³-hybridized carbons (Fsp3) is 0.263. The largest absolute Gasteiger partial charge is 0.343 e. The summed E-state index contributed by atoms with van der Waals surface area (Å²) >= 11 is 5.96. The van der Waals surface area contributed by atoms with Crippen molar-refractivity contribution >= 4 is 29.1 Å². The number of nitrogens with one attached hydrogen (secondary N) is 2. The number of carbonyl (C=O) groups is 2. The molecule has 1 aliphatic carbocycles. The monoisotopic (exact) mass is 342 g/mol. The highest BCUT2D eigenvalue weighted by atomic mass is 35.5. The molecule has 2 aromatic rings. The first-order valence-corrected chi connectivity index (χ1v) is 8.33. The second kappa shape index (κ2) is 6.65. The van der Waals surface area contributed by atoms with E-state index in [0.29, 0.717) is 16.3 Å². The van der Waals surface area contributed by atoms with E-state index < -0.39 is 0 Å². The van der Waals surface area contributed by atoms with E-state index in [-0.39, 0.29) is 17.4 Å². The Morgan fingerprint density at radius 2 is 1.62 bits per heavy atom. The van der Waals surface area contributed by atoms with Gasteiger partial charge in [0.1, 0.15) is 0 Å². The van der Waals surface area contributed by atoms with E-state index in [1.165, 1.54) is 6.92 Å². The molecule has 1 fully saturated rings. The van der Waals surface area contributed by atoms with Crippen molar-refractivity contribution in [3.63, 3.8) is 0 Å². The molecule has 0 heterocycles. The SMILES string of the molecule is CC(=O)Nc1ccc(C(=O)NC2(c3ccc(Cl)cc3)CCC2)cc1. The van der Waals surface area contributed by atoms with E-state index in [1.807, 2.05) is 24.3 Å². The molecule has 0 bridgehead atoms. The summed E-state index contributed by atoms with van der Waals surface area (Å²) in [4.78, 5) is 23.6. The summed E-state index contributed by atoms with van der Waals surface area (Å²) in [7, 11) is 0. The third-order valence-corrected chi connectivity index (χ3v) is 4.68. The van der Waals surface area contributed by atoms with Crippen molar-refractivity contribution in [2.75, 3.05) is 5.32 Å². The molecule has 5 heteroatoms. The molecule has 3 rings (SSSR count). The van der Waals surface area contributed by atoms with Crippen LogP contribution in [0.5, 0.6) is 0 Å². The second-order valence-corrected chi connectivity index (χ2v) is 6.59. The van der Waals surface area contributed by atoms with E-state index in [9.17, 15) is 9.59 Å². The molecule has 2 N–H and O–H groups in total. The van der Waals surface area contributed by atoms with Crippen LogP contribution in [0, 0.1) is 0 Å². The van der Waals surface area contributed by atoms with Gasteiger partial charge in [-0.1, -0.05) is 23.7 Å². The first kappa shape index (κ1) is 16.5. The Labute approximate surface area is 146 Å². The summed E-state index contributed by atoms with van der Waals surface area (Å²) in [6.45, 7) is 1.45. The Hall–Kier alpha value is -2.33. The Morgan fingerprint density at radius 1 is 1.00 bits per heavy atom. The van der Waals surface area contributed by atoms with Gasteiger partial charge in [0.2, 0.25) is 5.91 Å². The minimum atomic E-state index is -0.308. The number of anilines is 1. The molecule has 0 aliphatic heterocycles. The zero-order chi connectivity index (χ0) is 17.2. The zero-order valence-electron chi connectivity index (χ0n) is 13.4. The number of hydrogen-bond acceptors (Lipinski definition) is 2. The van der Waals surface area contributed by atoms with Crippen LogP contribution in [0.3, 0.4) is 0 Å². The first-order valence-electron chi connectivity index (χ1n) is 7.95. The Balaban J connectivity index is 1.75. The van der Waals surface area contributed by atoms with Crippen LogP contribution in [0.2, 0.25) is 5.02 Å². The predicted octanol–water partition coefficient (Wildman–Crippen LogP) is 4.11. The molecule has 124 valence electrons. The van der Waals surface area contributed by atoms with Gasteiger partial charge in [-0.2, -0.15) is 0 Å². The summed E-state index contributed by atoms with van der Waals surface area (Å²) in [6.07, 6.45) is 2.93. The van der Waals surface area contributed by atoms with Crippen molar-refractivity contribution in [3.8, 4) is 0 Å². The molecule has 2 aromatic carbocycles. The van der Waals surface area contributed by atoms with E-state index in [1.54, 1.807) is 24.3 Å². The Bertz CT molecular complexity index is 750. The third-order valence-electron chi connectivity index (χ3n) is 4.42. The highest BCUT2D eigenvalue weighted by Gasteiger charge is 2.40. The van der Waals surface area contributed by atoms with Gasteiger partial charge in [0.05, 0.1) is 5.54 Å². The maximum absolute atomic E-state index is 12.6. The van der Waals surface area contributed by atoms with Gasteiger partial charge in [-0.3, -0.25) is 9.59 Å². The summed E-state index contributed by atoms with van der Waals surface area (Å²) in [5, 5.41) is 6.55. The standard InChI is InChI=1S/C19H19ClN2O2/c1-13(23)21-17-9-3-14(4-10-17)18(24)22-19(11-2-12-19)15-5-7-16(20)8-6-15/h3-10H,2,11-12H2,1H3,(H,21,23)(H,22,24). The molecule has 1 aliphatic rings. The minimum absolute atomic E-state index is 0.112. The maximum atomic E-state index is 12.6. The molecule has 0 unspecified atom stereocenters. The highest BCUT2D eigenvalue weighted by molar-refractivity contribution is 6.30. The Morgan fingerprint density at radius 3 is 2.12 bits per heavy atom. The van der Waals surface area contributed by atoms with Gasteiger partial charge in [-0.25, -0.2) is 0 Å². The summed E-state index contributed by atoms with van der Waals surface area (Å²) < 4.78 is 0. The number of hydrogen-bond donors (Lipinski definition) is 2. The van der Waals surface area contributed by atoms with Gasteiger partial charge in [-0.15, -0.1) is 0 Å². The van der Waals surface area contributed by atoms with Crippen molar-refractivity contribution < 1.29 is 9.59 Å². The van der Waals surface area contributed by atoms with E-state index in [2.05, 4.69) is 10.6 Å². The van der Waals surface area contributed by atoms with Crippen LogP contribution < -0.4 is 10.6 Å². The fourth-order valence-corrected chi connectivity index (χ4v) is 3.11. The van der Waals surface area contributed by atoms with Crippen molar-refractivity contribution in [3.05, 3.63) is 64.7 Å². The number of halogens is 1. The highest BCUT2D eigenvalue weighted by Crippen LogP contribution is 2.41. The lowest BCUT2D eigenvalue weighted by atomic mass is 9.71. The molecule has 0 atom stereocenters. The predicted molar refractivity (Wildman–Crippen MR) is 95.2 cm³/mol. The molecule has 0 saturated heterocycles. The maximum Gasteiger partial charge on any atom is 0.251 e. The number of benzene rings is 2. The lowest BCUT2D eigenvalue weighted by Gasteiger charge is -2.43. The minimum Gasteiger partial charge on any atom is -0.343 e. The van der Waals surface area contributed by atoms with Crippen LogP contribution in [0.25, 0.3) is 0 Å². The van der Waals surface area contributed by atoms with E-state index in [4.69, 9.17) is 11.6 Å². The quantitative estimate of drug-likeness (QED) is 0.878. The van der Waals surface area contributed by atoms with Crippen LogP contribution in [0.15, 0.2) is 48.5 Å². The second-order valence-electron chi connectivity index (χ2n) is 6.16. The van der Waals surface area contributed by atoms with Gasteiger partial charge in [0.15, 0.2) is 0 Å². The average Bonchev–Trinajstić information content (AvgIpc) is 2.52. The molecule has 0 radical (unpaired) electrons. The van der Waals surface area contributed by atoms with Gasteiger partial charge in [0, 0.05) is 23.2 Å². The molecular formula is C19H19ClN2O2. The van der Waals surface area contributed by atoms with Crippen LogP contribution in [-0.4, -0.2) is 11.8 Å². The molecule has 4 nitrogen and oxygen atoms in total. The molecule has 24 heavy (non-hydrogen) atoms.